The largest absolute Gasteiger partial charge is 0.388 e. The summed E-state index contributed by atoms with van der Waals surface area (Å²) in [6.07, 6.45) is 6.43. The van der Waals surface area contributed by atoms with E-state index < -0.39 is 0 Å². The van der Waals surface area contributed by atoms with E-state index in [1.807, 2.05) is 4.57 Å². The van der Waals surface area contributed by atoms with Crippen molar-refractivity contribution in [2.75, 3.05) is 0 Å². The van der Waals surface area contributed by atoms with Crippen LogP contribution in [0, 0.1) is 10.2 Å². The van der Waals surface area contributed by atoms with E-state index in [2.05, 4.69) is 17.1 Å². The van der Waals surface area contributed by atoms with Gasteiger partial charge in [0, 0.05) is 6.54 Å². The van der Waals surface area contributed by atoms with Crippen LogP contribution in [-0.4, -0.2) is 19.9 Å². The van der Waals surface area contributed by atoms with Crippen LogP contribution in [0.3, 0.4) is 0 Å². The molecule has 0 radical (unpaired) electrons. The second-order valence-corrected chi connectivity index (χ2v) is 5.45. The molecule has 0 spiro atoms. The second kappa shape index (κ2) is 4.67. The van der Waals surface area contributed by atoms with Crippen molar-refractivity contribution in [1.29, 1.82) is 0 Å². The first-order valence-electron chi connectivity index (χ1n) is 5.90. The number of rotatable bonds is 3. The van der Waals surface area contributed by atoms with Crippen LogP contribution in [-0.2, 0) is 13.2 Å². The molecule has 1 aliphatic carbocycles. The second-order valence-electron chi connectivity index (χ2n) is 5.06. The van der Waals surface area contributed by atoms with Gasteiger partial charge in [0.15, 0.2) is 10.6 Å². The maximum Gasteiger partial charge on any atom is 0.195 e. The number of aliphatic hydroxyl groups excluding tert-OH is 1. The molecule has 0 aromatic carbocycles. The van der Waals surface area contributed by atoms with Crippen molar-refractivity contribution in [3.8, 4) is 0 Å². The average Bonchev–Trinajstić information content (AvgIpc) is 2.61. The number of hydrogen-bond acceptors (Lipinski definition) is 3. The Morgan fingerprint density at radius 3 is 2.75 bits per heavy atom. The lowest BCUT2D eigenvalue weighted by atomic mass is 9.75. The Labute approximate surface area is 101 Å². The summed E-state index contributed by atoms with van der Waals surface area (Å²) < 4.78 is 2.57. The minimum absolute atomic E-state index is 0.0524. The average molecular weight is 241 g/mol. The van der Waals surface area contributed by atoms with Gasteiger partial charge in [-0.05, 0) is 30.5 Å². The van der Waals surface area contributed by atoms with Gasteiger partial charge in [-0.1, -0.05) is 26.2 Å². The maximum absolute atomic E-state index is 9.20. The maximum atomic E-state index is 9.20. The first-order valence-corrected chi connectivity index (χ1v) is 6.30. The highest BCUT2D eigenvalue weighted by atomic mass is 32.1. The molecule has 1 saturated carbocycles. The van der Waals surface area contributed by atoms with Crippen LogP contribution in [0.5, 0.6) is 0 Å². The van der Waals surface area contributed by atoms with Crippen LogP contribution in [0.25, 0.3) is 0 Å². The predicted molar refractivity (Wildman–Crippen MR) is 64.5 cm³/mol. The van der Waals surface area contributed by atoms with Gasteiger partial charge in [0.2, 0.25) is 0 Å². The Bertz CT molecular complexity index is 404. The third-order valence-corrected chi connectivity index (χ3v) is 3.89. The van der Waals surface area contributed by atoms with Crippen molar-refractivity contribution in [2.45, 2.75) is 52.2 Å². The van der Waals surface area contributed by atoms with E-state index in [-0.39, 0.29) is 6.61 Å². The van der Waals surface area contributed by atoms with Crippen LogP contribution < -0.4 is 0 Å². The van der Waals surface area contributed by atoms with Gasteiger partial charge in [-0.25, -0.2) is 0 Å². The summed E-state index contributed by atoms with van der Waals surface area (Å²) in [4.78, 5) is 0. The van der Waals surface area contributed by atoms with Gasteiger partial charge in [-0.2, -0.15) is 5.10 Å². The predicted octanol–water partition coefficient (Wildman–Crippen LogP) is 2.40. The lowest BCUT2D eigenvalue weighted by Crippen LogP contribution is -2.27. The molecule has 90 valence electrons. The Morgan fingerprint density at radius 1 is 1.44 bits per heavy atom. The van der Waals surface area contributed by atoms with Crippen LogP contribution >= 0.6 is 12.2 Å². The Morgan fingerprint density at radius 2 is 2.12 bits per heavy atom. The molecule has 1 aromatic rings. The summed E-state index contributed by atoms with van der Waals surface area (Å²) >= 11 is 5.19. The number of H-pyrrole nitrogens is 1. The summed E-state index contributed by atoms with van der Waals surface area (Å²) in [5.41, 5.74) is 0.310. The van der Waals surface area contributed by atoms with Crippen LogP contribution in [0.4, 0.5) is 0 Å². The lowest BCUT2D eigenvalue weighted by molar-refractivity contribution is 0.174. The van der Waals surface area contributed by atoms with E-state index in [0.29, 0.717) is 16.0 Å². The minimum atomic E-state index is -0.0524. The molecule has 0 saturated heterocycles. The molecule has 5 heteroatoms. The standard InChI is InChI=1S/C11H19N3OS/c1-11(5-3-2-4-6-11)8-14-9(7-15)12-13-10(14)16/h15H,2-8H2,1H3,(H,13,16). The van der Waals surface area contributed by atoms with Crippen LogP contribution in [0.15, 0.2) is 0 Å². The summed E-state index contributed by atoms with van der Waals surface area (Å²) in [5, 5.41) is 16.0. The minimum Gasteiger partial charge on any atom is -0.388 e. The summed E-state index contributed by atoms with van der Waals surface area (Å²) in [6.45, 7) is 3.13. The highest BCUT2D eigenvalue weighted by molar-refractivity contribution is 7.71. The van der Waals surface area contributed by atoms with Crippen LogP contribution in [0.1, 0.15) is 44.9 Å². The van der Waals surface area contributed by atoms with E-state index >= 15 is 0 Å². The monoisotopic (exact) mass is 241 g/mol. The van der Waals surface area contributed by atoms with E-state index in [0.717, 1.165) is 6.54 Å². The molecule has 2 N–H and O–H groups in total. The molecule has 1 heterocycles. The zero-order chi connectivity index (χ0) is 11.6. The van der Waals surface area contributed by atoms with Crippen molar-refractivity contribution < 1.29 is 5.11 Å². The topological polar surface area (TPSA) is 53.8 Å². The Balaban J connectivity index is 2.18. The summed E-state index contributed by atoms with van der Waals surface area (Å²) in [6, 6.07) is 0. The molecule has 1 fully saturated rings. The molecule has 1 aromatic heterocycles. The smallest absolute Gasteiger partial charge is 0.195 e. The van der Waals surface area contributed by atoms with Gasteiger partial charge < -0.3 is 9.67 Å². The molecule has 1 aliphatic rings. The number of aromatic nitrogens is 3. The van der Waals surface area contributed by atoms with E-state index in [4.69, 9.17) is 12.2 Å². The van der Waals surface area contributed by atoms with Crippen molar-refractivity contribution in [3.05, 3.63) is 10.6 Å². The zero-order valence-corrected chi connectivity index (χ0v) is 10.5. The van der Waals surface area contributed by atoms with Gasteiger partial charge >= 0.3 is 0 Å². The normalized spacial score (nSPS) is 19.9. The summed E-state index contributed by atoms with van der Waals surface area (Å²) in [7, 11) is 0. The van der Waals surface area contributed by atoms with Gasteiger partial charge in [0.25, 0.3) is 0 Å². The molecule has 16 heavy (non-hydrogen) atoms. The number of hydrogen-bond donors (Lipinski definition) is 2. The molecule has 0 atom stereocenters. The highest BCUT2D eigenvalue weighted by Crippen LogP contribution is 2.37. The molecule has 0 amide bonds. The third kappa shape index (κ3) is 2.35. The lowest BCUT2D eigenvalue weighted by Gasteiger charge is -2.34. The van der Waals surface area contributed by atoms with E-state index in [1.165, 1.54) is 32.1 Å². The molecule has 2 rings (SSSR count). The van der Waals surface area contributed by atoms with Gasteiger partial charge in [-0.15, -0.1) is 0 Å². The van der Waals surface area contributed by atoms with Gasteiger partial charge in [0.05, 0.1) is 0 Å². The molecular formula is C11H19N3OS. The fraction of sp³-hybridized carbons (Fsp3) is 0.818. The Kier molecular flexibility index (Phi) is 3.44. The Hall–Kier alpha value is -0.680. The number of aromatic amines is 1. The fourth-order valence-electron chi connectivity index (χ4n) is 2.58. The van der Waals surface area contributed by atoms with Gasteiger partial charge in [0.1, 0.15) is 6.61 Å². The highest BCUT2D eigenvalue weighted by Gasteiger charge is 2.28. The van der Waals surface area contributed by atoms with Crippen molar-refractivity contribution >= 4 is 12.2 Å². The van der Waals surface area contributed by atoms with Crippen molar-refractivity contribution in [2.24, 2.45) is 5.41 Å². The van der Waals surface area contributed by atoms with E-state index in [1.54, 1.807) is 0 Å². The molecule has 0 bridgehead atoms. The first-order chi connectivity index (χ1) is 7.64. The fourth-order valence-corrected chi connectivity index (χ4v) is 2.79. The number of nitrogens with one attached hydrogen (secondary N) is 1. The molecular weight excluding hydrogens is 222 g/mol. The SMILES string of the molecule is CC1(Cn2c(CO)n[nH]c2=S)CCCCC1. The van der Waals surface area contributed by atoms with E-state index in [9.17, 15) is 5.11 Å². The first kappa shape index (κ1) is 11.8. The third-order valence-electron chi connectivity index (χ3n) is 3.58. The zero-order valence-electron chi connectivity index (χ0n) is 9.70. The van der Waals surface area contributed by atoms with Gasteiger partial charge in [-0.3, -0.25) is 5.10 Å². The summed E-state index contributed by atoms with van der Waals surface area (Å²) in [5.74, 6) is 0.650. The van der Waals surface area contributed by atoms with Crippen LogP contribution in [0.2, 0.25) is 0 Å². The quantitative estimate of drug-likeness (QED) is 0.799. The molecule has 4 nitrogen and oxygen atoms in total. The van der Waals surface area contributed by atoms with Crippen molar-refractivity contribution in [3.63, 3.8) is 0 Å². The molecule has 0 aliphatic heterocycles. The molecule has 0 unspecified atom stereocenters. The number of aliphatic hydroxyl groups is 1. The number of nitrogens with zero attached hydrogens (tertiary/aromatic N) is 2. The van der Waals surface area contributed by atoms with Crippen molar-refractivity contribution in [1.82, 2.24) is 14.8 Å².